The Kier molecular flexibility index (Phi) is 3.25. The maximum Gasteiger partial charge on any atom is 0.107 e. The van der Waals surface area contributed by atoms with Crippen LogP contribution in [0.5, 0.6) is 0 Å². The number of hydrogen-bond donors (Lipinski definition) is 1. The lowest BCUT2D eigenvalue weighted by Gasteiger charge is -2.37. The second-order valence-electron chi connectivity index (χ2n) is 4.49. The molecule has 3 atom stereocenters. The Morgan fingerprint density at radius 1 is 1.40 bits per heavy atom. The van der Waals surface area contributed by atoms with E-state index in [0.29, 0.717) is 26.4 Å². The van der Waals surface area contributed by atoms with Crippen LogP contribution in [0.15, 0.2) is 0 Å². The van der Waals surface area contributed by atoms with Crippen molar-refractivity contribution < 1.29 is 14.6 Å². The first-order valence-electron chi connectivity index (χ1n) is 5.53. The first-order chi connectivity index (χ1) is 7.28. The summed E-state index contributed by atoms with van der Waals surface area (Å²) in [6.45, 7) is 2.34. The molecule has 0 bridgehead atoms. The molecule has 2 aliphatic heterocycles. The van der Waals surface area contributed by atoms with E-state index >= 15 is 0 Å². The highest BCUT2D eigenvalue weighted by Gasteiger charge is 2.44. The molecule has 1 N–H and O–H groups in total. The normalized spacial score (nSPS) is 38.5. The summed E-state index contributed by atoms with van der Waals surface area (Å²) < 4.78 is 10.6. The molecule has 15 heavy (non-hydrogen) atoms. The molecule has 4 nitrogen and oxygen atoms in total. The molecule has 0 saturated carbocycles. The standard InChI is InChI=1S/C11H17NO3/c12-7-11(3-1-4-15-8-11)10(13)9-2-5-14-6-9/h9-10,13H,1-6,8H2. The van der Waals surface area contributed by atoms with Crippen molar-refractivity contribution in [3.05, 3.63) is 0 Å². The lowest BCUT2D eigenvalue weighted by Crippen LogP contribution is -2.45. The molecule has 0 aromatic carbocycles. The molecule has 4 heteroatoms. The summed E-state index contributed by atoms with van der Waals surface area (Å²) in [5.41, 5.74) is -0.698. The quantitative estimate of drug-likeness (QED) is 0.730. The van der Waals surface area contributed by atoms with Crippen LogP contribution in [0.4, 0.5) is 0 Å². The van der Waals surface area contributed by atoms with Crippen LogP contribution < -0.4 is 0 Å². The van der Waals surface area contributed by atoms with Gasteiger partial charge in [-0.3, -0.25) is 0 Å². The van der Waals surface area contributed by atoms with Crippen LogP contribution >= 0.6 is 0 Å². The van der Waals surface area contributed by atoms with Crippen molar-refractivity contribution >= 4 is 0 Å². The van der Waals surface area contributed by atoms with Crippen LogP contribution in [0.1, 0.15) is 19.3 Å². The Bertz CT molecular complexity index is 249. The topological polar surface area (TPSA) is 62.5 Å². The van der Waals surface area contributed by atoms with Gasteiger partial charge in [-0.2, -0.15) is 5.26 Å². The van der Waals surface area contributed by atoms with Crippen molar-refractivity contribution in [1.29, 1.82) is 5.26 Å². The van der Waals surface area contributed by atoms with Gasteiger partial charge in [0.25, 0.3) is 0 Å². The number of rotatable bonds is 2. The summed E-state index contributed by atoms with van der Waals surface area (Å²) in [7, 11) is 0. The maximum atomic E-state index is 10.2. The molecule has 2 fully saturated rings. The summed E-state index contributed by atoms with van der Waals surface area (Å²) in [6, 6.07) is 2.26. The van der Waals surface area contributed by atoms with Gasteiger partial charge in [0.1, 0.15) is 5.41 Å². The smallest absolute Gasteiger partial charge is 0.107 e. The molecule has 3 unspecified atom stereocenters. The molecule has 0 amide bonds. The fraction of sp³-hybridized carbons (Fsp3) is 0.909. The molecule has 0 aromatic heterocycles. The van der Waals surface area contributed by atoms with Crippen LogP contribution in [-0.4, -0.2) is 37.6 Å². The van der Waals surface area contributed by atoms with Gasteiger partial charge >= 0.3 is 0 Å². The Labute approximate surface area is 89.8 Å². The molecule has 0 spiro atoms. The second-order valence-corrected chi connectivity index (χ2v) is 4.49. The van der Waals surface area contributed by atoms with Gasteiger partial charge in [-0.05, 0) is 19.3 Å². The van der Waals surface area contributed by atoms with Gasteiger partial charge in [0, 0.05) is 19.1 Å². The minimum atomic E-state index is -0.698. The molecule has 2 saturated heterocycles. The van der Waals surface area contributed by atoms with Crippen molar-refractivity contribution in [2.45, 2.75) is 25.4 Å². The fourth-order valence-corrected chi connectivity index (χ4v) is 2.46. The molecular weight excluding hydrogens is 194 g/mol. The average molecular weight is 211 g/mol. The van der Waals surface area contributed by atoms with Gasteiger partial charge in [-0.1, -0.05) is 0 Å². The first kappa shape index (κ1) is 10.9. The minimum Gasteiger partial charge on any atom is -0.391 e. The summed E-state index contributed by atoms with van der Waals surface area (Å²) in [4.78, 5) is 0. The zero-order valence-electron chi connectivity index (χ0n) is 8.82. The Morgan fingerprint density at radius 3 is 2.80 bits per heavy atom. The molecule has 2 rings (SSSR count). The molecule has 0 aromatic rings. The van der Waals surface area contributed by atoms with Gasteiger partial charge in [0.2, 0.25) is 0 Å². The first-order valence-corrected chi connectivity index (χ1v) is 5.53. The van der Waals surface area contributed by atoms with E-state index in [-0.39, 0.29) is 5.92 Å². The highest BCUT2D eigenvalue weighted by Crippen LogP contribution is 2.37. The molecule has 0 radical (unpaired) electrons. The number of nitrogens with zero attached hydrogens (tertiary/aromatic N) is 1. The highest BCUT2D eigenvalue weighted by atomic mass is 16.5. The third-order valence-electron chi connectivity index (χ3n) is 3.47. The number of aliphatic hydroxyl groups is 1. The number of hydrogen-bond acceptors (Lipinski definition) is 4. The van der Waals surface area contributed by atoms with Gasteiger partial charge in [-0.15, -0.1) is 0 Å². The monoisotopic (exact) mass is 211 g/mol. The molecule has 84 valence electrons. The van der Waals surface area contributed by atoms with Gasteiger partial charge < -0.3 is 14.6 Å². The van der Waals surface area contributed by atoms with Crippen LogP contribution in [0.25, 0.3) is 0 Å². The van der Waals surface area contributed by atoms with Gasteiger partial charge in [-0.25, -0.2) is 0 Å². The lowest BCUT2D eigenvalue weighted by molar-refractivity contribution is -0.0722. The zero-order chi connectivity index (χ0) is 10.7. The van der Waals surface area contributed by atoms with E-state index in [1.54, 1.807) is 0 Å². The van der Waals surface area contributed by atoms with Gasteiger partial charge in [0.15, 0.2) is 0 Å². The predicted molar refractivity (Wildman–Crippen MR) is 53.0 cm³/mol. The van der Waals surface area contributed by atoms with Crippen LogP contribution in [-0.2, 0) is 9.47 Å². The highest BCUT2D eigenvalue weighted by molar-refractivity contribution is 5.07. The van der Waals surface area contributed by atoms with Crippen molar-refractivity contribution in [2.24, 2.45) is 11.3 Å². The number of ether oxygens (including phenoxy) is 2. The predicted octanol–water partition coefficient (Wildman–Crippen LogP) is 0.704. The van der Waals surface area contributed by atoms with E-state index in [9.17, 15) is 10.4 Å². The summed E-state index contributed by atoms with van der Waals surface area (Å²) in [5.74, 6) is 0.103. The molecule has 2 aliphatic rings. The molecular formula is C11H17NO3. The molecule has 0 aliphatic carbocycles. The van der Waals surface area contributed by atoms with E-state index in [4.69, 9.17) is 9.47 Å². The summed E-state index contributed by atoms with van der Waals surface area (Å²) in [5, 5.41) is 19.5. The Hall–Kier alpha value is -0.630. The van der Waals surface area contributed by atoms with Crippen molar-refractivity contribution in [2.75, 3.05) is 26.4 Å². The van der Waals surface area contributed by atoms with Crippen molar-refractivity contribution in [3.63, 3.8) is 0 Å². The molecule has 2 heterocycles. The summed E-state index contributed by atoms with van der Waals surface area (Å²) >= 11 is 0. The average Bonchev–Trinajstić information content (AvgIpc) is 2.82. The zero-order valence-corrected chi connectivity index (χ0v) is 8.82. The summed E-state index contributed by atoms with van der Waals surface area (Å²) in [6.07, 6.45) is 1.84. The lowest BCUT2D eigenvalue weighted by atomic mass is 9.73. The minimum absolute atomic E-state index is 0.103. The van der Waals surface area contributed by atoms with E-state index in [0.717, 1.165) is 19.3 Å². The Morgan fingerprint density at radius 2 is 2.27 bits per heavy atom. The maximum absolute atomic E-state index is 10.2. The number of nitriles is 1. The SMILES string of the molecule is N#CC1(C(O)C2CCOC2)CCCOC1. The van der Waals surface area contributed by atoms with E-state index < -0.39 is 11.5 Å². The van der Waals surface area contributed by atoms with Crippen molar-refractivity contribution in [3.8, 4) is 6.07 Å². The fourth-order valence-electron chi connectivity index (χ4n) is 2.46. The van der Waals surface area contributed by atoms with Crippen LogP contribution in [0, 0.1) is 22.7 Å². The van der Waals surface area contributed by atoms with E-state index in [2.05, 4.69) is 6.07 Å². The second kappa shape index (κ2) is 4.48. The van der Waals surface area contributed by atoms with Crippen molar-refractivity contribution in [1.82, 2.24) is 0 Å². The van der Waals surface area contributed by atoms with Crippen LogP contribution in [0.2, 0.25) is 0 Å². The third kappa shape index (κ3) is 2.00. The van der Waals surface area contributed by atoms with E-state index in [1.165, 1.54) is 0 Å². The van der Waals surface area contributed by atoms with Crippen LogP contribution in [0.3, 0.4) is 0 Å². The Balaban J connectivity index is 2.07. The largest absolute Gasteiger partial charge is 0.391 e. The third-order valence-corrected chi connectivity index (χ3v) is 3.47. The number of aliphatic hydroxyl groups excluding tert-OH is 1. The van der Waals surface area contributed by atoms with E-state index in [1.807, 2.05) is 0 Å². The van der Waals surface area contributed by atoms with Gasteiger partial charge in [0.05, 0.1) is 25.4 Å².